The molecule has 0 aliphatic rings. The van der Waals surface area contributed by atoms with Crippen LogP contribution in [0, 0.1) is 0 Å². The minimum atomic E-state index is -7.73. The predicted molar refractivity (Wildman–Crippen MR) is 57.9 cm³/mol. The Bertz CT molecular complexity index is 530. The average Bonchev–Trinajstić information content (AvgIpc) is 2.33. The van der Waals surface area contributed by atoms with Crippen LogP contribution in [-0.2, 0) is 4.79 Å². The second-order valence-electron chi connectivity index (χ2n) is 5.16. The van der Waals surface area contributed by atoms with Crippen molar-refractivity contribution in [3.05, 3.63) is 12.2 Å². The van der Waals surface area contributed by atoms with Gasteiger partial charge in [-0.05, 0) is 6.92 Å². The van der Waals surface area contributed by atoms with Gasteiger partial charge >= 0.3 is 35.8 Å². The lowest BCUT2D eigenvalue weighted by atomic mass is 9.80. The van der Waals surface area contributed by atoms with Gasteiger partial charge in [-0.3, -0.25) is 0 Å². The maximum absolute atomic E-state index is 13.7. The van der Waals surface area contributed by atoms with Crippen molar-refractivity contribution in [2.24, 2.45) is 0 Å². The monoisotopic (exact) mass is 398 g/mol. The van der Waals surface area contributed by atoms with E-state index in [4.69, 9.17) is 5.11 Å². The van der Waals surface area contributed by atoms with E-state index in [1.54, 1.807) is 0 Å². The van der Waals surface area contributed by atoms with Crippen LogP contribution in [0.5, 0.6) is 0 Å². The highest BCUT2D eigenvalue weighted by Crippen LogP contribution is 2.61. The molecule has 0 aliphatic carbocycles. The Morgan fingerprint density at radius 1 is 0.840 bits per heavy atom. The molecule has 0 heterocycles. The normalized spacial score (nSPS) is 17.2. The Hall–Kier alpha value is -1.60. The standard InChI is InChI=1S/C11H9F11O3/c1-4(5(23)24)3-6(2,25)8(13,14)9(15,16)7(12,10(17,18)19)11(20,21)22/h25H,1,3H2,2H3,(H,23,24). The number of alkyl halides is 11. The molecule has 0 saturated carbocycles. The van der Waals surface area contributed by atoms with Gasteiger partial charge in [-0.2, -0.15) is 43.9 Å². The van der Waals surface area contributed by atoms with Crippen LogP contribution in [0.4, 0.5) is 48.3 Å². The van der Waals surface area contributed by atoms with Crippen LogP contribution in [0.2, 0.25) is 0 Å². The van der Waals surface area contributed by atoms with E-state index >= 15 is 0 Å². The maximum atomic E-state index is 13.7. The van der Waals surface area contributed by atoms with E-state index in [0.29, 0.717) is 0 Å². The third kappa shape index (κ3) is 3.40. The van der Waals surface area contributed by atoms with E-state index in [9.17, 15) is 58.2 Å². The summed E-state index contributed by atoms with van der Waals surface area (Å²) in [4.78, 5) is 10.4. The van der Waals surface area contributed by atoms with Crippen molar-refractivity contribution in [3.8, 4) is 0 Å². The molecule has 0 radical (unpaired) electrons. The minimum absolute atomic E-state index is 0.387. The van der Waals surface area contributed by atoms with Crippen molar-refractivity contribution in [1.82, 2.24) is 0 Å². The van der Waals surface area contributed by atoms with Gasteiger partial charge in [0, 0.05) is 12.0 Å². The van der Waals surface area contributed by atoms with E-state index < -0.39 is 53.4 Å². The topological polar surface area (TPSA) is 57.5 Å². The molecule has 1 atom stereocenters. The number of aliphatic hydroxyl groups is 1. The number of carboxylic acids is 1. The molecule has 0 aromatic rings. The summed E-state index contributed by atoms with van der Waals surface area (Å²) in [5.41, 5.74) is -13.7. The van der Waals surface area contributed by atoms with Crippen molar-refractivity contribution in [1.29, 1.82) is 0 Å². The van der Waals surface area contributed by atoms with Gasteiger partial charge in [0.15, 0.2) is 0 Å². The molecule has 0 bridgehead atoms. The molecule has 148 valence electrons. The largest absolute Gasteiger partial charge is 0.478 e. The van der Waals surface area contributed by atoms with Gasteiger partial charge in [0.05, 0.1) is 0 Å². The number of halogens is 11. The second-order valence-corrected chi connectivity index (χ2v) is 5.16. The van der Waals surface area contributed by atoms with Gasteiger partial charge in [-0.25, -0.2) is 9.18 Å². The molecule has 0 aromatic carbocycles. The summed E-state index contributed by atoms with van der Waals surface area (Å²) < 4.78 is 142. The van der Waals surface area contributed by atoms with E-state index in [0.717, 1.165) is 0 Å². The maximum Gasteiger partial charge on any atom is 0.438 e. The number of aliphatic carboxylic acids is 1. The molecule has 3 nitrogen and oxygen atoms in total. The van der Waals surface area contributed by atoms with E-state index in [1.165, 1.54) is 0 Å². The van der Waals surface area contributed by atoms with E-state index in [1.807, 2.05) is 0 Å². The van der Waals surface area contributed by atoms with Gasteiger partial charge in [0.1, 0.15) is 5.60 Å². The molecular formula is C11H9F11O3. The molecule has 0 rings (SSSR count). The zero-order valence-corrected chi connectivity index (χ0v) is 11.9. The summed E-state index contributed by atoms with van der Waals surface area (Å²) >= 11 is 0. The quantitative estimate of drug-likeness (QED) is 0.528. The lowest BCUT2D eigenvalue weighted by Crippen LogP contribution is -2.74. The van der Waals surface area contributed by atoms with Crippen molar-refractivity contribution in [2.75, 3.05) is 0 Å². The third-order valence-corrected chi connectivity index (χ3v) is 3.14. The highest BCUT2D eigenvalue weighted by molar-refractivity contribution is 5.85. The van der Waals surface area contributed by atoms with E-state index in [-0.39, 0.29) is 6.92 Å². The smallest absolute Gasteiger partial charge is 0.438 e. The first-order chi connectivity index (χ1) is 10.6. The summed E-state index contributed by atoms with van der Waals surface area (Å²) in [6, 6.07) is 0. The highest BCUT2D eigenvalue weighted by Gasteiger charge is 2.91. The Balaban J connectivity index is 6.43. The van der Waals surface area contributed by atoms with Gasteiger partial charge < -0.3 is 10.2 Å². The molecule has 0 amide bonds. The number of hydrogen-bond donors (Lipinski definition) is 2. The molecule has 1 unspecified atom stereocenters. The number of carbonyl (C=O) groups is 1. The summed E-state index contributed by atoms with van der Waals surface area (Å²) in [7, 11) is 0. The van der Waals surface area contributed by atoms with Gasteiger partial charge in [0.2, 0.25) is 0 Å². The van der Waals surface area contributed by atoms with Crippen LogP contribution in [-0.4, -0.2) is 51.6 Å². The summed E-state index contributed by atoms with van der Waals surface area (Å²) in [6.45, 7) is 2.13. The second kappa shape index (κ2) is 5.99. The van der Waals surface area contributed by atoms with Crippen LogP contribution in [0.25, 0.3) is 0 Å². The first kappa shape index (κ1) is 23.4. The van der Waals surface area contributed by atoms with Crippen LogP contribution in [0.3, 0.4) is 0 Å². The average molecular weight is 398 g/mol. The molecule has 0 aromatic heterocycles. The molecule has 2 N–H and O–H groups in total. The number of hydrogen-bond acceptors (Lipinski definition) is 2. The zero-order valence-electron chi connectivity index (χ0n) is 11.9. The van der Waals surface area contributed by atoms with Crippen LogP contribution < -0.4 is 0 Å². The Morgan fingerprint density at radius 2 is 1.16 bits per heavy atom. The fraction of sp³-hybridized carbons (Fsp3) is 0.727. The molecule has 14 heteroatoms. The Labute approximate surface area is 131 Å². The van der Waals surface area contributed by atoms with E-state index in [2.05, 4.69) is 6.58 Å². The lowest BCUT2D eigenvalue weighted by molar-refractivity contribution is -0.439. The highest BCUT2D eigenvalue weighted by atomic mass is 19.4. The fourth-order valence-corrected chi connectivity index (χ4v) is 1.67. The van der Waals surface area contributed by atoms with Crippen LogP contribution >= 0.6 is 0 Å². The van der Waals surface area contributed by atoms with Gasteiger partial charge in [-0.15, -0.1) is 0 Å². The van der Waals surface area contributed by atoms with Crippen LogP contribution in [0.1, 0.15) is 13.3 Å². The van der Waals surface area contributed by atoms with Gasteiger partial charge in [0.25, 0.3) is 0 Å². The Kier molecular flexibility index (Phi) is 5.60. The SMILES string of the molecule is C=C(CC(C)(O)C(F)(F)C(F)(F)C(F)(C(F)(F)F)C(F)(F)F)C(=O)O. The third-order valence-electron chi connectivity index (χ3n) is 3.14. The predicted octanol–water partition coefficient (Wildman–Crippen LogP) is 3.87. The first-order valence-corrected chi connectivity index (χ1v) is 5.79. The Morgan fingerprint density at radius 3 is 1.40 bits per heavy atom. The summed E-state index contributed by atoms with van der Waals surface area (Å²) in [5.74, 6) is -16.4. The number of carboxylic acid groups (broad SMARTS) is 1. The van der Waals surface area contributed by atoms with Crippen molar-refractivity contribution >= 4 is 5.97 Å². The molecule has 25 heavy (non-hydrogen) atoms. The van der Waals surface area contributed by atoms with Crippen LogP contribution in [0.15, 0.2) is 12.2 Å². The summed E-state index contributed by atoms with van der Waals surface area (Å²) in [6.07, 6.45) is -17.2. The zero-order chi connectivity index (χ0) is 20.9. The minimum Gasteiger partial charge on any atom is -0.478 e. The van der Waals surface area contributed by atoms with Gasteiger partial charge in [-0.1, -0.05) is 6.58 Å². The fourth-order valence-electron chi connectivity index (χ4n) is 1.67. The molecule has 0 saturated heterocycles. The van der Waals surface area contributed by atoms with Crippen molar-refractivity contribution < 1.29 is 63.3 Å². The molecule has 0 fully saturated rings. The first-order valence-electron chi connectivity index (χ1n) is 5.79. The lowest BCUT2D eigenvalue weighted by Gasteiger charge is -2.44. The molecular weight excluding hydrogens is 389 g/mol. The van der Waals surface area contributed by atoms with Crippen molar-refractivity contribution in [3.63, 3.8) is 0 Å². The summed E-state index contributed by atoms with van der Waals surface area (Å²) in [5, 5.41) is 17.6. The number of rotatable bonds is 6. The molecule has 0 spiro atoms. The van der Waals surface area contributed by atoms with Crippen molar-refractivity contribution in [2.45, 2.75) is 48.8 Å². The molecule has 0 aliphatic heterocycles.